The highest BCUT2D eigenvalue weighted by Gasteiger charge is 2.18. The summed E-state index contributed by atoms with van der Waals surface area (Å²) in [7, 11) is 2.84. The van der Waals surface area contributed by atoms with Crippen LogP contribution in [0.3, 0.4) is 0 Å². The fraction of sp³-hybridized carbons (Fsp3) is 0.200. The van der Waals surface area contributed by atoms with E-state index in [0.29, 0.717) is 5.56 Å². The van der Waals surface area contributed by atoms with Gasteiger partial charge in [0.15, 0.2) is 5.78 Å². The van der Waals surface area contributed by atoms with Gasteiger partial charge in [-0.15, -0.1) is 0 Å². The van der Waals surface area contributed by atoms with Crippen LogP contribution >= 0.6 is 0 Å². The third-order valence-electron chi connectivity index (χ3n) is 2.76. The molecule has 108 valence electrons. The highest BCUT2D eigenvalue weighted by molar-refractivity contribution is 6.12. The molecule has 0 spiro atoms. The largest absolute Gasteiger partial charge is 0.481 e. The lowest BCUT2D eigenvalue weighted by Crippen LogP contribution is -2.13. The van der Waals surface area contributed by atoms with Crippen molar-refractivity contribution in [3.63, 3.8) is 0 Å². The number of carbonyl (C=O) groups is 2. The number of ketones is 2. The molecule has 6 nitrogen and oxygen atoms in total. The van der Waals surface area contributed by atoms with Gasteiger partial charge in [0.05, 0.1) is 26.7 Å². The number of aromatic nitrogens is 2. The van der Waals surface area contributed by atoms with Gasteiger partial charge in [-0.25, -0.2) is 0 Å². The number of rotatable bonds is 6. The van der Waals surface area contributed by atoms with Crippen molar-refractivity contribution in [3.05, 3.63) is 47.8 Å². The Kier molecular flexibility index (Phi) is 4.61. The van der Waals surface area contributed by atoms with E-state index >= 15 is 0 Å². The van der Waals surface area contributed by atoms with Crippen LogP contribution in [-0.4, -0.2) is 35.8 Å². The lowest BCUT2D eigenvalue weighted by atomic mass is 10.1. The van der Waals surface area contributed by atoms with Gasteiger partial charge in [0.25, 0.3) is 0 Å². The molecule has 0 fully saturated rings. The van der Waals surface area contributed by atoms with E-state index in [0.717, 1.165) is 0 Å². The SMILES string of the molecule is COc1cc(OC)nc(C(=O)CC(=O)c2ccccc2)n1. The third kappa shape index (κ3) is 3.62. The number of Topliss-reactive ketones (excluding diaryl/α,β-unsaturated/α-hetero) is 2. The minimum atomic E-state index is -0.485. The maximum Gasteiger partial charge on any atom is 0.220 e. The molecule has 0 saturated carbocycles. The minimum absolute atomic E-state index is 0.101. The first-order valence-electron chi connectivity index (χ1n) is 6.22. The molecule has 0 saturated heterocycles. The zero-order valence-electron chi connectivity index (χ0n) is 11.7. The lowest BCUT2D eigenvalue weighted by molar-refractivity contribution is 0.0887. The van der Waals surface area contributed by atoms with Crippen LogP contribution in [-0.2, 0) is 0 Å². The molecule has 1 aromatic carbocycles. The van der Waals surface area contributed by atoms with Crippen LogP contribution < -0.4 is 9.47 Å². The molecule has 1 aromatic heterocycles. The molecule has 0 amide bonds. The first-order valence-corrected chi connectivity index (χ1v) is 6.22. The van der Waals surface area contributed by atoms with E-state index in [-0.39, 0.29) is 29.8 Å². The molecule has 6 heteroatoms. The highest BCUT2D eigenvalue weighted by Crippen LogP contribution is 2.16. The summed E-state index contributed by atoms with van der Waals surface area (Å²) in [6.45, 7) is 0. The van der Waals surface area contributed by atoms with Crippen LogP contribution in [0, 0.1) is 0 Å². The average molecular weight is 286 g/mol. The highest BCUT2D eigenvalue weighted by atomic mass is 16.5. The van der Waals surface area contributed by atoms with Gasteiger partial charge in [-0.05, 0) is 0 Å². The Hall–Kier alpha value is -2.76. The number of carbonyl (C=O) groups excluding carboxylic acids is 2. The molecule has 2 rings (SSSR count). The van der Waals surface area contributed by atoms with Crippen molar-refractivity contribution >= 4 is 11.6 Å². The zero-order valence-corrected chi connectivity index (χ0v) is 11.7. The number of nitrogens with zero attached hydrogens (tertiary/aromatic N) is 2. The van der Waals surface area contributed by atoms with Crippen LogP contribution in [0.25, 0.3) is 0 Å². The van der Waals surface area contributed by atoms with Crippen LogP contribution in [0.5, 0.6) is 11.8 Å². The molecule has 0 unspecified atom stereocenters. The first kappa shape index (κ1) is 14.6. The van der Waals surface area contributed by atoms with Crippen molar-refractivity contribution < 1.29 is 19.1 Å². The Balaban J connectivity index is 2.18. The second-order valence-corrected chi connectivity index (χ2v) is 4.17. The van der Waals surface area contributed by atoms with Gasteiger partial charge in [0.2, 0.25) is 23.4 Å². The average Bonchev–Trinajstić information content (AvgIpc) is 2.54. The summed E-state index contributed by atoms with van der Waals surface area (Å²) in [5, 5.41) is 0. The molecule has 0 radical (unpaired) electrons. The quantitative estimate of drug-likeness (QED) is 0.596. The van der Waals surface area contributed by atoms with Gasteiger partial charge >= 0.3 is 0 Å². The first-order chi connectivity index (χ1) is 10.1. The van der Waals surface area contributed by atoms with E-state index in [1.165, 1.54) is 20.3 Å². The lowest BCUT2D eigenvalue weighted by Gasteiger charge is -2.05. The minimum Gasteiger partial charge on any atom is -0.481 e. The summed E-state index contributed by atoms with van der Waals surface area (Å²) in [6, 6.07) is 10.0. The van der Waals surface area contributed by atoms with Gasteiger partial charge in [-0.1, -0.05) is 30.3 Å². The van der Waals surface area contributed by atoms with Crippen LogP contribution in [0.2, 0.25) is 0 Å². The zero-order chi connectivity index (χ0) is 15.2. The molecular formula is C15H14N2O4. The van der Waals surface area contributed by atoms with Crippen molar-refractivity contribution in [1.82, 2.24) is 9.97 Å². The van der Waals surface area contributed by atoms with Crippen molar-refractivity contribution in [1.29, 1.82) is 0 Å². The normalized spacial score (nSPS) is 10.0. The third-order valence-corrected chi connectivity index (χ3v) is 2.76. The van der Waals surface area contributed by atoms with Crippen molar-refractivity contribution in [2.24, 2.45) is 0 Å². The summed E-state index contributed by atoms with van der Waals surface area (Å²) in [5.74, 6) is -0.461. The Morgan fingerprint density at radius 2 is 1.52 bits per heavy atom. The topological polar surface area (TPSA) is 78.4 Å². The molecule has 0 aliphatic carbocycles. The van der Waals surface area contributed by atoms with Crippen molar-refractivity contribution in [3.8, 4) is 11.8 Å². The van der Waals surface area contributed by atoms with Crippen LogP contribution in [0.15, 0.2) is 36.4 Å². The van der Waals surface area contributed by atoms with E-state index in [4.69, 9.17) is 9.47 Å². The second kappa shape index (κ2) is 6.60. The maximum atomic E-state index is 12.1. The predicted molar refractivity (Wildman–Crippen MR) is 74.9 cm³/mol. The molecule has 0 aliphatic rings. The van der Waals surface area contributed by atoms with Gasteiger partial charge in [-0.2, -0.15) is 9.97 Å². The van der Waals surface area contributed by atoms with E-state index in [1.807, 2.05) is 0 Å². The van der Waals surface area contributed by atoms with Crippen LogP contribution in [0.4, 0.5) is 0 Å². The summed E-state index contributed by atoms with van der Waals surface area (Å²) in [6.07, 6.45) is -0.305. The molecule has 0 N–H and O–H groups in total. The van der Waals surface area contributed by atoms with Crippen LogP contribution in [0.1, 0.15) is 27.4 Å². The standard InChI is InChI=1S/C15H14N2O4/c1-20-13-9-14(21-2)17-15(16-13)12(19)8-11(18)10-6-4-3-5-7-10/h3-7,9H,8H2,1-2H3. The number of benzene rings is 1. The molecule has 1 heterocycles. The smallest absolute Gasteiger partial charge is 0.220 e. The molecule has 0 bridgehead atoms. The Morgan fingerprint density at radius 1 is 0.952 bits per heavy atom. The fourth-order valence-corrected chi connectivity index (χ4v) is 1.69. The molecular weight excluding hydrogens is 272 g/mol. The van der Waals surface area contributed by atoms with E-state index in [1.54, 1.807) is 30.3 Å². The van der Waals surface area contributed by atoms with Gasteiger partial charge in [0, 0.05) is 5.56 Å². The fourth-order valence-electron chi connectivity index (χ4n) is 1.69. The van der Waals surface area contributed by atoms with E-state index < -0.39 is 5.78 Å². The molecule has 21 heavy (non-hydrogen) atoms. The van der Waals surface area contributed by atoms with Crippen molar-refractivity contribution in [2.45, 2.75) is 6.42 Å². The molecule has 0 atom stereocenters. The summed E-state index contributed by atoms with van der Waals surface area (Å²) in [4.78, 5) is 32.0. The number of methoxy groups -OCH3 is 2. The van der Waals surface area contributed by atoms with Gasteiger partial charge in [0.1, 0.15) is 0 Å². The number of hydrogen-bond donors (Lipinski definition) is 0. The second-order valence-electron chi connectivity index (χ2n) is 4.17. The molecule has 2 aromatic rings. The Morgan fingerprint density at radius 3 is 2.05 bits per heavy atom. The Labute approximate surface area is 121 Å². The number of hydrogen-bond acceptors (Lipinski definition) is 6. The Bertz CT molecular complexity index is 634. The van der Waals surface area contributed by atoms with E-state index in [2.05, 4.69) is 9.97 Å². The summed E-state index contributed by atoms with van der Waals surface area (Å²) < 4.78 is 9.94. The van der Waals surface area contributed by atoms with Crippen molar-refractivity contribution in [2.75, 3.05) is 14.2 Å². The number of ether oxygens (including phenoxy) is 2. The van der Waals surface area contributed by atoms with E-state index in [9.17, 15) is 9.59 Å². The summed E-state index contributed by atoms with van der Waals surface area (Å²) >= 11 is 0. The predicted octanol–water partition coefficient (Wildman–Crippen LogP) is 1.95. The van der Waals surface area contributed by atoms with Gasteiger partial charge in [-0.3, -0.25) is 9.59 Å². The molecule has 0 aliphatic heterocycles. The summed E-state index contributed by atoms with van der Waals surface area (Å²) in [5.41, 5.74) is 0.473. The monoisotopic (exact) mass is 286 g/mol. The van der Waals surface area contributed by atoms with Gasteiger partial charge < -0.3 is 9.47 Å². The maximum absolute atomic E-state index is 12.1.